The van der Waals surface area contributed by atoms with Crippen LogP contribution in [0.2, 0.25) is 0 Å². The van der Waals surface area contributed by atoms with Crippen molar-refractivity contribution in [1.82, 2.24) is 4.90 Å². The van der Waals surface area contributed by atoms with Gasteiger partial charge in [-0.15, -0.1) is 11.3 Å². The van der Waals surface area contributed by atoms with E-state index in [0.29, 0.717) is 12.5 Å². The van der Waals surface area contributed by atoms with Crippen molar-refractivity contribution in [2.75, 3.05) is 31.1 Å². The minimum absolute atomic E-state index is 0.199. The van der Waals surface area contributed by atoms with Gasteiger partial charge < -0.3 is 9.15 Å². The lowest BCUT2D eigenvalue weighted by atomic mass is 9.75. The summed E-state index contributed by atoms with van der Waals surface area (Å²) in [4.78, 5) is 17.8. The second-order valence-electron chi connectivity index (χ2n) is 6.75. The molecule has 4 fully saturated rings. The summed E-state index contributed by atoms with van der Waals surface area (Å²) < 4.78 is 11.1. The molecule has 5 nitrogen and oxygen atoms in total. The van der Waals surface area contributed by atoms with Gasteiger partial charge in [0, 0.05) is 28.3 Å². The number of piperidine rings is 3. The van der Waals surface area contributed by atoms with Gasteiger partial charge >= 0.3 is 6.09 Å². The summed E-state index contributed by atoms with van der Waals surface area (Å²) in [5.41, 5.74) is 1.68. The standard InChI is InChI=1S/C17H18N2O3S/c20-16-19(14-7-15(23-9-14)12-3-6-21-8-12)11-17(22-16)10-18-4-1-13(17)2-5-18/h3,6-9,13H,1-2,4-5,10-11H2. The lowest BCUT2D eigenvalue weighted by Gasteiger charge is -2.49. The molecule has 1 spiro atoms. The summed E-state index contributed by atoms with van der Waals surface area (Å²) in [6.45, 7) is 3.85. The highest BCUT2D eigenvalue weighted by atomic mass is 32.1. The highest BCUT2D eigenvalue weighted by Crippen LogP contribution is 2.44. The number of carbonyl (C=O) groups is 1. The molecule has 1 unspecified atom stereocenters. The summed E-state index contributed by atoms with van der Waals surface area (Å²) >= 11 is 1.63. The Morgan fingerprint density at radius 3 is 2.83 bits per heavy atom. The van der Waals surface area contributed by atoms with Gasteiger partial charge in [-0.25, -0.2) is 4.79 Å². The molecule has 120 valence electrons. The Labute approximate surface area is 138 Å². The number of nitrogens with zero attached hydrogens (tertiary/aromatic N) is 2. The molecule has 2 bridgehead atoms. The van der Waals surface area contributed by atoms with Gasteiger partial charge in [-0.05, 0) is 38.1 Å². The summed E-state index contributed by atoms with van der Waals surface area (Å²) in [5, 5.41) is 2.03. The number of rotatable bonds is 2. The van der Waals surface area contributed by atoms with Gasteiger partial charge in [-0.2, -0.15) is 0 Å². The lowest BCUT2D eigenvalue weighted by molar-refractivity contribution is -0.0881. The fourth-order valence-electron chi connectivity index (χ4n) is 4.23. The normalized spacial score (nSPS) is 32.7. The number of carbonyl (C=O) groups excluding carboxylic acids is 1. The number of anilines is 1. The third kappa shape index (κ3) is 2.05. The van der Waals surface area contributed by atoms with Crippen LogP contribution < -0.4 is 4.90 Å². The van der Waals surface area contributed by atoms with Gasteiger partial charge in [0.15, 0.2) is 0 Å². The van der Waals surface area contributed by atoms with Crippen molar-refractivity contribution < 1.29 is 13.9 Å². The van der Waals surface area contributed by atoms with Crippen LogP contribution in [0.5, 0.6) is 0 Å². The zero-order chi connectivity index (χ0) is 15.4. The molecule has 2 aromatic rings. The van der Waals surface area contributed by atoms with Crippen LogP contribution in [0.1, 0.15) is 12.8 Å². The van der Waals surface area contributed by atoms with E-state index in [0.717, 1.165) is 48.6 Å². The second kappa shape index (κ2) is 4.85. The first kappa shape index (κ1) is 13.6. The van der Waals surface area contributed by atoms with E-state index in [-0.39, 0.29) is 11.7 Å². The third-order valence-corrected chi connectivity index (χ3v) is 6.43. The fraction of sp³-hybridized carbons (Fsp3) is 0.471. The van der Waals surface area contributed by atoms with Crippen molar-refractivity contribution >= 4 is 23.1 Å². The Hall–Kier alpha value is -1.79. The van der Waals surface area contributed by atoms with E-state index in [1.54, 1.807) is 23.9 Å². The van der Waals surface area contributed by atoms with E-state index in [1.807, 2.05) is 16.3 Å². The SMILES string of the molecule is O=C1OC2(CN3CCC2CC3)CN1c1csc(-c2ccoc2)c1. The zero-order valence-corrected chi connectivity index (χ0v) is 13.6. The van der Waals surface area contributed by atoms with Crippen LogP contribution in [-0.4, -0.2) is 42.8 Å². The van der Waals surface area contributed by atoms with Crippen LogP contribution in [-0.2, 0) is 4.74 Å². The van der Waals surface area contributed by atoms with Crippen LogP contribution >= 0.6 is 11.3 Å². The lowest BCUT2D eigenvalue weighted by Crippen LogP contribution is -2.61. The average Bonchev–Trinajstić information content (AvgIpc) is 3.28. The van der Waals surface area contributed by atoms with Crippen LogP contribution in [0.4, 0.5) is 10.5 Å². The summed E-state index contributed by atoms with van der Waals surface area (Å²) in [5.74, 6) is 0.508. The van der Waals surface area contributed by atoms with Crippen molar-refractivity contribution in [2.45, 2.75) is 18.4 Å². The molecule has 0 N–H and O–H groups in total. The first-order chi connectivity index (χ1) is 11.2. The topological polar surface area (TPSA) is 45.9 Å². The smallest absolute Gasteiger partial charge is 0.415 e. The van der Waals surface area contributed by atoms with E-state index >= 15 is 0 Å². The summed E-state index contributed by atoms with van der Waals surface area (Å²) in [6.07, 6.45) is 5.49. The molecular weight excluding hydrogens is 312 g/mol. The van der Waals surface area contributed by atoms with Crippen molar-refractivity contribution in [1.29, 1.82) is 0 Å². The molecule has 0 aliphatic carbocycles. The zero-order valence-electron chi connectivity index (χ0n) is 12.7. The van der Waals surface area contributed by atoms with Crippen molar-refractivity contribution in [3.05, 3.63) is 30.0 Å². The Morgan fingerprint density at radius 2 is 2.13 bits per heavy atom. The number of hydrogen-bond donors (Lipinski definition) is 0. The predicted octanol–water partition coefficient (Wildman–Crippen LogP) is 3.43. The fourth-order valence-corrected chi connectivity index (χ4v) is 5.12. The molecule has 2 aromatic heterocycles. The number of thiophene rings is 1. The van der Waals surface area contributed by atoms with Crippen LogP contribution in [0, 0.1) is 5.92 Å². The number of furan rings is 1. The van der Waals surface area contributed by atoms with E-state index in [9.17, 15) is 4.79 Å². The Balaban J connectivity index is 1.43. The summed E-state index contributed by atoms with van der Waals surface area (Å²) in [7, 11) is 0. The van der Waals surface area contributed by atoms with E-state index < -0.39 is 0 Å². The number of hydrogen-bond acceptors (Lipinski definition) is 5. The van der Waals surface area contributed by atoms with Crippen molar-refractivity contribution in [3.63, 3.8) is 0 Å². The van der Waals surface area contributed by atoms with Gasteiger partial charge in [0.25, 0.3) is 0 Å². The van der Waals surface area contributed by atoms with Crippen LogP contribution in [0.15, 0.2) is 34.5 Å². The van der Waals surface area contributed by atoms with Gasteiger partial charge in [-0.1, -0.05) is 0 Å². The maximum Gasteiger partial charge on any atom is 0.415 e. The molecule has 1 amide bonds. The minimum atomic E-state index is -0.300. The van der Waals surface area contributed by atoms with Gasteiger partial charge in [-0.3, -0.25) is 9.80 Å². The molecular formula is C17H18N2O3S. The molecule has 0 aromatic carbocycles. The number of fused-ring (bicyclic) bond motifs is 2. The average molecular weight is 330 g/mol. The number of ether oxygens (including phenoxy) is 1. The minimum Gasteiger partial charge on any atom is -0.472 e. The first-order valence-electron chi connectivity index (χ1n) is 8.07. The molecule has 23 heavy (non-hydrogen) atoms. The van der Waals surface area contributed by atoms with E-state index in [1.165, 1.54) is 0 Å². The Bertz CT molecular complexity index is 733. The highest BCUT2D eigenvalue weighted by molar-refractivity contribution is 7.14. The molecule has 6 heteroatoms. The molecule has 4 saturated heterocycles. The largest absolute Gasteiger partial charge is 0.472 e. The predicted molar refractivity (Wildman–Crippen MR) is 87.7 cm³/mol. The molecule has 6 heterocycles. The van der Waals surface area contributed by atoms with E-state index in [2.05, 4.69) is 11.0 Å². The Kier molecular flexibility index (Phi) is 2.87. The molecule has 0 radical (unpaired) electrons. The second-order valence-corrected chi connectivity index (χ2v) is 7.66. The molecule has 1 atom stereocenters. The van der Waals surface area contributed by atoms with E-state index in [4.69, 9.17) is 9.15 Å². The highest BCUT2D eigenvalue weighted by Gasteiger charge is 2.55. The van der Waals surface area contributed by atoms with Crippen molar-refractivity contribution in [2.24, 2.45) is 5.92 Å². The summed E-state index contributed by atoms with van der Waals surface area (Å²) in [6, 6.07) is 3.99. The van der Waals surface area contributed by atoms with Crippen LogP contribution in [0.3, 0.4) is 0 Å². The number of amides is 1. The molecule has 0 saturated carbocycles. The van der Waals surface area contributed by atoms with Gasteiger partial charge in [0.05, 0.1) is 24.8 Å². The van der Waals surface area contributed by atoms with Gasteiger partial charge in [0.1, 0.15) is 5.60 Å². The third-order valence-electron chi connectivity index (χ3n) is 5.46. The molecule has 6 rings (SSSR count). The maximum absolute atomic E-state index is 12.5. The van der Waals surface area contributed by atoms with Crippen LogP contribution in [0.25, 0.3) is 10.4 Å². The first-order valence-corrected chi connectivity index (χ1v) is 8.95. The van der Waals surface area contributed by atoms with Gasteiger partial charge in [0.2, 0.25) is 0 Å². The quantitative estimate of drug-likeness (QED) is 0.846. The molecule has 4 aliphatic heterocycles. The van der Waals surface area contributed by atoms with Crippen molar-refractivity contribution in [3.8, 4) is 10.4 Å². The Morgan fingerprint density at radius 1 is 1.26 bits per heavy atom. The molecule has 4 aliphatic rings. The maximum atomic E-state index is 12.5. The monoisotopic (exact) mass is 330 g/mol.